The van der Waals surface area contributed by atoms with Gasteiger partial charge in [0.2, 0.25) is 0 Å². The lowest BCUT2D eigenvalue weighted by Gasteiger charge is -2.47. The van der Waals surface area contributed by atoms with Crippen molar-refractivity contribution < 1.29 is 28.4 Å². The quantitative estimate of drug-likeness (QED) is 0.444. The molecule has 0 rings (SSSR count). The monoisotopic (exact) mass is 381 g/mol. The van der Waals surface area contributed by atoms with Crippen molar-refractivity contribution in [1.82, 2.24) is 5.06 Å². The zero-order chi connectivity index (χ0) is 20.1. The zero-order valence-corrected chi connectivity index (χ0v) is 18.1. The van der Waals surface area contributed by atoms with Gasteiger partial charge in [-0.2, -0.15) is 5.06 Å². The normalized spacial score (nSPS) is 16.1. The minimum absolute atomic E-state index is 0.0303. The van der Waals surface area contributed by atoms with Crippen LogP contribution in [-0.2, 0) is 23.2 Å². The molecular formula is C17H36NO6P. The van der Waals surface area contributed by atoms with Gasteiger partial charge in [0.15, 0.2) is 0 Å². The highest BCUT2D eigenvalue weighted by molar-refractivity contribution is 7.54. The number of rotatable bonds is 10. The van der Waals surface area contributed by atoms with Crippen LogP contribution in [0.25, 0.3) is 0 Å². The Balaban J connectivity index is 5.95. The van der Waals surface area contributed by atoms with Crippen molar-refractivity contribution in [2.75, 3.05) is 19.8 Å². The van der Waals surface area contributed by atoms with Gasteiger partial charge in [-0.1, -0.05) is 20.8 Å². The van der Waals surface area contributed by atoms with Crippen molar-refractivity contribution in [1.29, 1.82) is 0 Å². The third-order valence-corrected chi connectivity index (χ3v) is 6.28. The molecule has 0 aliphatic rings. The summed E-state index contributed by atoms with van der Waals surface area (Å²) in [6, 6.07) is 0. The molecule has 150 valence electrons. The van der Waals surface area contributed by atoms with Crippen LogP contribution in [0.2, 0.25) is 0 Å². The molecule has 2 atom stereocenters. The molecule has 0 aromatic rings. The van der Waals surface area contributed by atoms with E-state index in [0.717, 1.165) is 0 Å². The van der Waals surface area contributed by atoms with Gasteiger partial charge in [-0.25, -0.2) is 0 Å². The number of hydrogen-bond donors (Lipinski definition) is 1. The van der Waals surface area contributed by atoms with Crippen LogP contribution < -0.4 is 0 Å². The maximum absolute atomic E-state index is 13.5. The summed E-state index contributed by atoms with van der Waals surface area (Å²) in [5, 5.41) is 10.7. The molecular weight excluding hydrogens is 345 g/mol. The number of hydroxylamine groups is 2. The van der Waals surface area contributed by atoms with E-state index in [1.165, 1.54) is 0 Å². The Morgan fingerprint density at radius 2 is 1.52 bits per heavy atom. The summed E-state index contributed by atoms with van der Waals surface area (Å²) < 4.78 is 24.7. The highest BCUT2D eigenvalue weighted by Gasteiger charge is 2.51. The first kappa shape index (κ1) is 24.5. The van der Waals surface area contributed by atoms with Crippen LogP contribution in [0.3, 0.4) is 0 Å². The number of carboxylic acid groups (broad SMARTS) is 1. The molecule has 25 heavy (non-hydrogen) atoms. The van der Waals surface area contributed by atoms with Gasteiger partial charge in [0.1, 0.15) is 5.78 Å². The maximum Gasteiger partial charge on any atom is 0.350 e. The predicted molar refractivity (Wildman–Crippen MR) is 98.4 cm³/mol. The van der Waals surface area contributed by atoms with Gasteiger partial charge in [0.05, 0.1) is 25.7 Å². The van der Waals surface area contributed by atoms with E-state index >= 15 is 0 Å². The lowest BCUT2D eigenvalue weighted by Crippen LogP contribution is -2.53. The van der Waals surface area contributed by atoms with E-state index in [2.05, 4.69) is 0 Å². The Kier molecular flexibility index (Phi) is 9.29. The second kappa shape index (κ2) is 9.47. The summed E-state index contributed by atoms with van der Waals surface area (Å²) in [6.07, 6.45) is 0. The van der Waals surface area contributed by atoms with Crippen molar-refractivity contribution in [3.05, 3.63) is 0 Å². The number of aliphatic carboxylic acids is 1. The topological polar surface area (TPSA) is 85.3 Å². The molecule has 0 bridgehead atoms. The van der Waals surface area contributed by atoms with E-state index in [1.807, 2.05) is 41.5 Å². The highest BCUT2D eigenvalue weighted by atomic mass is 31.2. The molecule has 8 heteroatoms. The molecule has 2 unspecified atom stereocenters. The van der Waals surface area contributed by atoms with Crippen molar-refractivity contribution in [3.63, 3.8) is 0 Å². The van der Waals surface area contributed by atoms with E-state index in [1.54, 1.807) is 25.8 Å². The van der Waals surface area contributed by atoms with Crippen LogP contribution >= 0.6 is 7.60 Å². The first-order chi connectivity index (χ1) is 11.2. The van der Waals surface area contributed by atoms with Gasteiger partial charge in [-0.3, -0.25) is 14.2 Å². The molecule has 0 spiro atoms. The van der Waals surface area contributed by atoms with Gasteiger partial charge in [0, 0.05) is 5.54 Å². The SMILES string of the molecule is CCOP(=O)(OCC)C(N(OCC(C)C(=O)O)C(C)(C)C)C(C)(C)C. The molecule has 0 aromatic carbocycles. The Bertz CT molecular complexity index is 459. The van der Waals surface area contributed by atoms with Crippen molar-refractivity contribution >= 4 is 13.6 Å². The standard InChI is InChI=1S/C17H36NO6P/c1-10-23-25(21,24-11-2)15(16(4,5)6)18(17(7,8)9)22-12-13(3)14(19)20/h13,15H,10-12H2,1-9H3,(H,19,20). The van der Waals surface area contributed by atoms with Crippen LogP contribution in [0.1, 0.15) is 62.3 Å². The minimum atomic E-state index is -3.53. The molecule has 0 fully saturated rings. The minimum Gasteiger partial charge on any atom is -0.481 e. The average molecular weight is 381 g/mol. The fourth-order valence-corrected chi connectivity index (χ4v) is 5.08. The zero-order valence-electron chi connectivity index (χ0n) is 17.2. The summed E-state index contributed by atoms with van der Waals surface area (Å²) in [4.78, 5) is 17.0. The van der Waals surface area contributed by atoms with Crippen LogP contribution in [0.5, 0.6) is 0 Å². The Labute approximate surface area is 152 Å². The van der Waals surface area contributed by atoms with Crippen molar-refractivity contribution in [2.45, 2.75) is 73.6 Å². The fourth-order valence-electron chi connectivity index (χ4n) is 2.39. The molecule has 1 N–H and O–H groups in total. The summed E-state index contributed by atoms with van der Waals surface area (Å²) in [7, 11) is -3.53. The van der Waals surface area contributed by atoms with Gasteiger partial charge in [-0.05, 0) is 47.0 Å². The first-order valence-corrected chi connectivity index (χ1v) is 10.4. The van der Waals surface area contributed by atoms with E-state index in [-0.39, 0.29) is 19.8 Å². The van der Waals surface area contributed by atoms with Gasteiger partial charge in [-0.15, -0.1) is 0 Å². The van der Waals surface area contributed by atoms with Crippen molar-refractivity contribution in [3.8, 4) is 0 Å². The Morgan fingerprint density at radius 1 is 1.08 bits per heavy atom. The third-order valence-electron chi connectivity index (χ3n) is 3.46. The average Bonchev–Trinajstić information content (AvgIpc) is 2.40. The summed E-state index contributed by atoms with van der Waals surface area (Å²) in [5.74, 6) is -2.33. The third kappa shape index (κ3) is 7.35. The highest BCUT2D eigenvalue weighted by Crippen LogP contribution is 2.60. The Hall–Kier alpha value is -0.460. The van der Waals surface area contributed by atoms with E-state index < -0.39 is 36.2 Å². The Morgan fingerprint density at radius 3 is 1.80 bits per heavy atom. The molecule has 0 saturated carbocycles. The van der Waals surface area contributed by atoms with Gasteiger partial charge >= 0.3 is 13.6 Å². The molecule has 7 nitrogen and oxygen atoms in total. The van der Waals surface area contributed by atoms with Crippen LogP contribution in [0.15, 0.2) is 0 Å². The summed E-state index contributed by atoms with van der Waals surface area (Å²) in [5.41, 5.74) is -1.04. The molecule has 0 aromatic heterocycles. The first-order valence-electron chi connectivity index (χ1n) is 8.74. The molecule has 0 aliphatic heterocycles. The predicted octanol–water partition coefficient (Wildman–Crippen LogP) is 4.38. The van der Waals surface area contributed by atoms with E-state index in [0.29, 0.717) is 0 Å². The number of carbonyl (C=O) groups is 1. The fraction of sp³-hybridized carbons (Fsp3) is 0.941. The molecule has 0 radical (unpaired) electrons. The molecule has 0 amide bonds. The second-order valence-electron chi connectivity index (χ2n) is 8.15. The second-order valence-corrected chi connectivity index (χ2v) is 10.2. The lowest BCUT2D eigenvalue weighted by molar-refractivity contribution is -0.244. The van der Waals surface area contributed by atoms with E-state index in [9.17, 15) is 9.36 Å². The van der Waals surface area contributed by atoms with Gasteiger partial charge in [0.25, 0.3) is 0 Å². The molecule has 0 aliphatic carbocycles. The summed E-state index contributed by atoms with van der Waals surface area (Å²) in [6.45, 7) is 17.1. The van der Waals surface area contributed by atoms with Gasteiger partial charge < -0.3 is 14.2 Å². The number of hydrogen-bond acceptors (Lipinski definition) is 6. The number of nitrogens with zero attached hydrogens (tertiary/aromatic N) is 1. The van der Waals surface area contributed by atoms with Crippen LogP contribution in [-0.4, -0.2) is 47.3 Å². The summed E-state index contributed by atoms with van der Waals surface area (Å²) >= 11 is 0. The molecule has 0 saturated heterocycles. The van der Waals surface area contributed by atoms with Crippen LogP contribution in [0.4, 0.5) is 0 Å². The smallest absolute Gasteiger partial charge is 0.350 e. The van der Waals surface area contributed by atoms with Crippen LogP contribution in [0, 0.1) is 11.3 Å². The maximum atomic E-state index is 13.5. The lowest BCUT2D eigenvalue weighted by atomic mass is 9.94. The van der Waals surface area contributed by atoms with Crippen molar-refractivity contribution in [2.24, 2.45) is 11.3 Å². The van der Waals surface area contributed by atoms with E-state index in [4.69, 9.17) is 19.0 Å². The number of carboxylic acids is 1. The largest absolute Gasteiger partial charge is 0.481 e. The molecule has 0 heterocycles.